The van der Waals surface area contributed by atoms with Crippen LogP contribution >= 0.6 is 0 Å². The zero-order valence-electron chi connectivity index (χ0n) is 16.1. The van der Waals surface area contributed by atoms with Crippen molar-refractivity contribution in [1.82, 2.24) is 10.9 Å². The van der Waals surface area contributed by atoms with Gasteiger partial charge in [-0.15, -0.1) is 0 Å². The van der Waals surface area contributed by atoms with Crippen molar-refractivity contribution in [3.05, 3.63) is 71.8 Å². The second kappa shape index (κ2) is 9.03. The monoisotopic (exact) mass is 383 g/mol. The third-order valence-electron chi connectivity index (χ3n) is 4.23. The van der Waals surface area contributed by atoms with Crippen LogP contribution in [0.1, 0.15) is 42.6 Å². The van der Waals surface area contributed by atoms with E-state index in [1.807, 2.05) is 51.1 Å². The number of rotatable bonds is 5. The topological polar surface area (TPSA) is 111 Å². The molecule has 0 bridgehead atoms. The molecule has 2 atom stereocenters. The standard InChI is InChI=1S/C21H25N3O4/c1-21(2,3)16(14-10-6-4-7-11-14)17(28-20(22)27)19(26)24-23-18(25)15-12-8-5-9-13-15/h4-13,16-17H,1-3H3,(H2,22,27)(H,23,25)(H,24,26)/t16?,17-/m0/s1. The molecule has 0 saturated heterocycles. The number of amides is 3. The maximum absolute atomic E-state index is 12.8. The lowest BCUT2D eigenvalue weighted by atomic mass is 9.73. The molecule has 4 N–H and O–H groups in total. The van der Waals surface area contributed by atoms with E-state index in [0.29, 0.717) is 5.56 Å². The first-order valence-corrected chi connectivity index (χ1v) is 8.86. The Balaban J connectivity index is 2.24. The van der Waals surface area contributed by atoms with Crippen molar-refractivity contribution in [3.8, 4) is 0 Å². The first kappa shape index (κ1) is 21.0. The third kappa shape index (κ3) is 5.57. The molecule has 0 spiro atoms. The molecule has 2 aromatic carbocycles. The molecule has 0 fully saturated rings. The minimum absolute atomic E-state index is 0.380. The highest BCUT2D eigenvalue weighted by Gasteiger charge is 2.40. The molecule has 0 aromatic heterocycles. The van der Waals surface area contributed by atoms with Gasteiger partial charge in [-0.25, -0.2) is 4.79 Å². The molecular weight excluding hydrogens is 358 g/mol. The number of hydrogen-bond donors (Lipinski definition) is 3. The summed E-state index contributed by atoms with van der Waals surface area (Å²) in [7, 11) is 0. The van der Waals surface area contributed by atoms with Crippen LogP contribution in [0.15, 0.2) is 60.7 Å². The summed E-state index contributed by atoms with van der Waals surface area (Å²) in [5.74, 6) is -1.65. The van der Waals surface area contributed by atoms with Gasteiger partial charge >= 0.3 is 6.09 Å². The molecule has 1 unspecified atom stereocenters. The van der Waals surface area contributed by atoms with Crippen LogP contribution in [0, 0.1) is 5.41 Å². The maximum Gasteiger partial charge on any atom is 0.405 e. The predicted octanol–water partition coefficient (Wildman–Crippen LogP) is 2.74. The van der Waals surface area contributed by atoms with E-state index in [0.717, 1.165) is 5.56 Å². The van der Waals surface area contributed by atoms with Crippen molar-refractivity contribution >= 4 is 17.9 Å². The molecule has 0 aliphatic carbocycles. The summed E-state index contributed by atoms with van der Waals surface area (Å²) in [6.07, 6.45) is -2.30. The Bertz CT molecular complexity index is 817. The second-order valence-corrected chi connectivity index (χ2v) is 7.42. The van der Waals surface area contributed by atoms with Crippen molar-refractivity contribution in [1.29, 1.82) is 0 Å². The number of nitrogens with two attached hydrogens (primary N) is 1. The largest absolute Gasteiger partial charge is 0.436 e. The van der Waals surface area contributed by atoms with Crippen LogP contribution in [0.5, 0.6) is 0 Å². The molecule has 2 rings (SSSR count). The molecular formula is C21H25N3O4. The predicted molar refractivity (Wildman–Crippen MR) is 105 cm³/mol. The van der Waals surface area contributed by atoms with Gasteiger partial charge in [0.25, 0.3) is 11.8 Å². The second-order valence-electron chi connectivity index (χ2n) is 7.42. The Morgan fingerprint density at radius 2 is 1.43 bits per heavy atom. The lowest BCUT2D eigenvalue weighted by Gasteiger charge is -2.35. The molecule has 7 heteroatoms. The van der Waals surface area contributed by atoms with E-state index in [1.54, 1.807) is 30.3 Å². The van der Waals surface area contributed by atoms with Crippen LogP contribution in [0.3, 0.4) is 0 Å². The molecule has 3 amide bonds. The molecule has 0 heterocycles. The minimum Gasteiger partial charge on any atom is -0.436 e. The summed E-state index contributed by atoms with van der Waals surface area (Å²) >= 11 is 0. The normalized spacial score (nSPS) is 13.1. The number of primary amides is 1. The molecule has 0 aliphatic rings. The highest BCUT2D eigenvalue weighted by Crippen LogP contribution is 2.39. The molecule has 0 radical (unpaired) electrons. The number of benzene rings is 2. The first-order chi connectivity index (χ1) is 13.2. The zero-order valence-corrected chi connectivity index (χ0v) is 16.1. The van der Waals surface area contributed by atoms with Crippen LogP contribution in [-0.2, 0) is 9.53 Å². The van der Waals surface area contributed by atoms with E-state index in [-0.39, 0.29) is 0 Å². The van der Waals surface area contributed by atoms with Crippen molar-refractivity contribution in [2.24, 2.45) is 11.1 Å². The van der Waals surface area contributed by atoms with Gasteiger partial charge in [-0.1, -0.05) is 69.3 Å². The SMILES string of the molecule is CC(C)(C)C(c1ccccc1)[C@H](OC(N)=O)C(=O)NNC(=O)c1ccccc1. The van der Waals surface area contributed by atoms with E-state index in [1.165, 1.54) is 0 Å². The lowest BCUT2D eigenvalue weighted by molar-refractivity contribution is -0.133. The Labute approximate surface area is 164 Å². The van der Waals surface area contributed by atoms with Crippen LogP contribution in [0.25, 0.3) is 0 Å². The Kier molecular flexibility index (Phi) is 6.76. The number of nitrogens with one attached hydrogen (secondary N) is 2. The number of carbonyl (C=O) groups excluding carboxylic acids is 3. The lowest BCUT2D eigenvalue weighted by Crippen LogP contribution is -2.51. The quantitative estimate of drug-likeness (QED) is 0.690. The summed E-state index contributed by atoms with van der Waals surface area (Å²) < 4.78 is 5.17. The molecule has 7 nitrogen and oxygen atoms in total. The van der Waals surface area contributed by atoms with Gasteiger partial charge in [-0.3, -0.25) is 20.4 Å². The Morgan fingerprint density at radius 1 is 0.893 bits per heavy atom. The minimum atomic E-state index is -1.23. The number of hydrazine groups is 1. The third-order valence-corrected chi connectivity index (χ3v) is 4.23. The fraction of sp³-hybridized carbons (Fsp3) is 0.286. The van der Waals surface area contributed by atoms with Crippen LogP contribution in [0.4, 0.5) is 4.79 Å². The fourth-order valence-corrected chi connectivity index (χ4v) is 3.04. The van der Waals surface area contributed by atoms with E-state index in [9.17, 15) is 14.4 Å². The van der Waals surface area contributed by atoms with Crippen LogP contribution in [-0.4, -0.2) is 24.0 Å². The number of ether oxygens (including phenoxy) is 1. The van der Waals surface area contributed by atoms with Crippen molar-refractivity contribution in [2.45, 2.75) is 32.8 Å². The van der Waals surface area contributed by atoms with Gasteiger partial charge in [0.15, 0.2) is 6.10 Å². The van der Waals surface area contributed by atoms with Gasteiger partial charge in [0.2, 0.25) is 0 Å². The highest BCUT2D eigenvalue weighted by atomic mass is 16.6. The summed E-state index contributed by atoms with van der Waals surface area (Å²) in [5, 5.41) is 0. The van der Waals surface area contributed by atoms with Gasteiger partial charge in [0.1, 0.15) is 0 Å². The highest BCUT2D eigenvalue weighted by molar-refractivity contribution is 5.96. The van der Waals surface area contributed by atoms with Gasteiger partial charge in [0, 0.05) is 11.5 Å². The van der Waals surface area contributed by atoms with Crippen LogP contribution in [0.2, 0.25) is 0 Å². The number of hydrogen-bond acceptors (Lipinski definition) is 4. The Morgan fingerprint density at radius 3 is 1.93 bits per heavy atom. The molecule has 148 valence electrons. The summed E-state index contributed by atoms with van der Waals surface area (Å²) in [6.45, 7) is 5.79. The smallest absolute Gasteiger partial charge is 0.405 e. The van der Waals surface area contributed by atoms with Gasteiger partial charge in [-0.2, -0.15) is 0 Å². The van der Waals surface area contributed by atoms with E-state index in [2.05, 4.69) is 10.9 Å². The van der Waals surface area contributed by atoms with Crippen molar-refractivity contribution in [2.75, 3.05) is 0 Å². The summed E-state index contributed by atoms with van der Waals surface area (Å²) in [6, 6.07) is 17.7. The zero-order chi connectivity index (χ0) is 20.7. The maximum atomic E-state index is 12.8. The van der Waals surface area contributed by atoms with Crippen LogP contribution < -0.4 is 16.6 Å². The first-order valence-electron chi connectivity index (χ1n) is 8.86. The summed E-state index contributed by atoms with van der Waals surface area (Å²) in [5.41, 5.74) is 10.6. The van der Waals surface area contributed by atoms with Gasteiger partial charge in [0.05, 0.1) is 0 Å². The molecule has 0 aliphatic heterocycles. The van der Waals surface area contributed by atoms with E-state index < -0.39 is 35.3 Å². The van der Waals surface area contributed by atoms with E-state index in [4.69, 9.17) is 10.5 Å². The Hall–Kier alpha value is -3.35. The van der Waals surface area contributed by atoms with Crippen molar-refractivity contribution < 1.29 is 19.1 Å². The van der Waals surface area contributed by atoms with Crippen molar-refractivity contribution in [3.63, 3.8) is 0 Å². The fourth-order valence-electron chi connectivity index (χ4n) is 3.04. The molecule has 0 saturated carbocycles. The average Bonchev–Trinajstić information content (AvgIpc) is 2.65. The van der Waals surface area contributed by atoms with Gasteiger partial charge < -0.3 is 10.5 Å². The number of carbonyl (C=O) groups is 3. The summed E-state index contributed by atoms with van der Waals surface area (Å²) in [4.78, 5) is 36.5. The molecule has 2 aromatic rings. The average molecular weight is 383 g/mol. The molecule has 28 heavy (non-hydrogen) atoms. The van der Waals surface area contributed by atoms with E-state index >= 15 is 0 Å². The van der Waals surface area contributed by atoms with Gasteiger partial charge in [-0.05, 0) is 23.1 Å².